The maximum Gasteiger partial charge on any atom is 0.271 e. The Balaban J connectivity index is 1.82. The highest BCUT2D eigenvalue weighted by Crippen LogP contribution is 2.31. The zero-order valence-electron chi connectivity index (χ0n) is 12.3. The van der Waals surface area contributed by atoms with Gasteiger partial charge < -0.3 is 16.4 Å². The topological polar surface area (TPSA) is 127 Å². The SMILES string of the molecule is NC(=O)c1nnc2c(N3CCc4[nH]ncc4C3)cccc2c1N. The lowest BCUT2D eigenvalue weighted by Gasteiger charge is -2.29. The number of hydrogen-bond acceptors (Lipinski definition) is 6. The standard InChI is InChI=1S/C15H15N7O/c16-12-9-2-1-3-11(13(9)20-21-14(12)15(17)23)22-5-4-10-8(7-22)6-18-19-10/h1-3,6H,4-5,7H2,(H2,16,20)(H2,17,23)(H,18,19). The lowest BCUT2D eigenvalue weighted by molar-refractivity contribution is 0.0996. The van der Waals surface area contributed by atoms with Crippen molar-refractivity contribution in [2.24, 2.45) is 5.73 Å². The van der Waals surface area contributed by atoms with Crippen molar-refractivity contribution in [3.8, 4) is 0 Å². The van der Waals surface area contributed by atoms with Crippen molar-refractivity contribution < 1.29 is 4.79 Å². The van der Waals surface area contributed by atoms with Crippen molar-refractivity contribution in [1.82, 2.24) is 20.4 Å². The summed E-state index contributed by atoms with van der Waals surface area (Å²) in [7, 11) is 0. The predicted molar refractivity (Wildman–Crippen MR) is 85.8 cm³/mol. The smallest absolute Gasteiger partial charge is 0.271 e. The number of H-pyrrole nitrogens is 1. The third-order valence-corrected chi connectivity index (χ3v) is 4.18. The number of anilines is 2. The summed E-state index contributed by atoms with van der Waals surface area (Å²) in [5.41, 5.74) is 15.5. The van der Waals surface area contributed by atoms with Gasteiger partial charge in [0, 0.05) is 36.2 Å². The molecule has 0 saturated carbocycles. The minimum atomic E-state index is -0.677. The van der Waals surface area contributed by atoms with Crippen LogP contribution in [-0.4, -0.2) is 32.8 Å². The Kier molecular flexibility index (Phi) is 2.90. The molecule has 0 bridgehead atoms. The number of nitrogens with zero attached hydrogens (tertiary/aromatic N) is 4. The molecule has 1 amide bonds. The quantitative estimate of drug-likeness (QED) is 0.636. The van der Waals surface area contributed by atoms with Crippen LogP contribution in [0.1, 0.15) is 21.7 Å². The third-order valence-electron chi connectivity index (χ3n) is 4.18. The molecule has 2 aromatic heterocycles. The van der Waals surface area contributed by atoms with E-state index in [2.05, 4.69) is 25.3 Å². The molecule has 0 radical (unpaired) electrons. The number of hydrogen-bond donors (Lipinski definition) is 3. The number of carbonyl (C=O) groups excluding carboxylic acids is 1. The molecule has 8 heteroatoms. The van der Waals surface area contributed by atoms with Gasteiger partial charge in [-0.25, -0.2) is 0 Å². The largest absolute Gasteiger partial charge is 0.396 e. The van der Waals surface area contributed by atoms with Crippen LogP contribution in [-0.2, 0) is 13.0 Å². The van der Waals surface area contributed by atoms with Crippen LogP contribution in [0.5, 0.6) is 0 Å². The van der Waals surface area contributed by atoms with Crippen LogP contribution in [0.2, 0.25) is 0 Å². The van der Waals surface area contributed by atoms with Crippen LogP contribution >= 0.6 is 0 Å². The second kappa shape index (κ2) is 4.94. The Morgan fingerprint density at radius 3 is 3.00 bits per heavy atom. The molecule has 0 fully saturated rings. The highest BCUT2D eigenvalue weighted by Gasteiger charge is 2.21. The molecule has 1 aromatic carbocycles. The number of benzene rings is 1. The number of amides is 1. The van der Waals surface area contributed by atoms with Crippen molar-refractivity contribution in [2.45, 2.75) is 13.0 Å². The van der Waals surface area contributed by atoms with Gasteiger partial charge >= 0.3 is 0 Å². The number of rotatable bonds is 2. The summed E-state index contributed by atoms with van der Waals surface area (Å²) in [4.78, 5) is 13.6. The summed E-state index contributed by atoms with van der Waals surface area (Å²) in [6.45, 7) is 1.58. The van der Waals surface area contributed by atoms with E-state index in [9.17, 15) is 4.79 Å². The summed E-state index contributed by atoms with van der Waals surface area (Å²) in [5.74, 6) is -0.677. The minimum absolute atomic E-state index is 0.00501. The van der Waals surface area contributed by atoms with Gasteiger partial charge in [-0.2, -0.15) is 5.10 Å². The Morgan fingerprint density at radius 1 is 1.30 bits per heavy atom. The van der Waals surface area contributed by atoms with Crippen LogP contribution < -0.4 is 16.4 Å². The molecule has 1 aliphatic heterocycles. The molecule has 1 aliphatic rings. The first-order valence-corrected chi connectivity index (χ1v) is 7.26. The van der Waals surface area contributed by atoms with E-state index in [0.717, 1.165) is 25.2 Å². The zero-order chi connectivity index (χ0) is 16.0. The average Bonchev–Trinajstić information content (AvgIpc) is 3.02. The van der Waals surface area contributed by atoms with Crippen molar-refractivity contribution in [3.63, 3.8) is 0 Å². The summed E-state index contributed by atoms with van der Waals surface area (Å²) in [6.07, 6.45) is 2.73. The lowest BCUT2D eigenvalue weighted by Crippen LogP contribution is -2.30. The van der Waals surface area contributed by atoms with Gasteiger partial charge in [0.1, 0.15) is 5.52 Å². The number of nitrogens with one attached hydrogen (secondary N) is 1. The van der Waals surface area contributed by atoms with Crippen molar-refractivity contribution in [3.05, 3.63) is 41.3 Å². The van der Waals surface area contributed by atoms with E-state index in [0.29, 0.717) is 10.9 Å². The Morgan fingerprint density at radius 2 is 2.17 bits per heavy atom. The third kappa shape index (κ3) is 2.07. The average molecular weight is 309 g/mol. The molecule has 116 valence electrons. The maximum atomic E-state index is 11.4. The normalized spacial score (nSPS) is 14.0. The molecule has 8 nitrogen and oxygen atoms in total. The summed E-state index contributed by atoms with van der Waals surface area (Å²) < 4.78 is 0. The van der Waals surface area contributed by atoms with Gasteiger partial charge in [-0.3, -0.25) is 9.89 Å². The maximum absolute atomic E-state index is 11.4. The second-order valence-corrected chi connectivity index (χ2v) is 5.55. The summed E-state index contributed by atoms with van der Waals surface area (Å²) in [6, 6.07) is 5.69. The Hall–Kier alpha value is -3.16. The van der Waals surface area contributed by atoms with Gasteiger partial charge in [-0.05, 0) is 6.07 Å². The van der Waals surface area contributed by atoms with E-state index in [1.165, 1.54) is 11.3 Å². The number of nitrogens with two attached hydrogens (primary N) is 2. The van der Waals surface area contributed by atoms with Gasteiger partial charge in [0.2, 0.25) is 0 Å². The number of primary amides is 1. The summed E-state index contributed by atoms with van der Waals surface area (Å²) in [5, 5.41) is 15.9. The van der Waals surface area contributed by atoms with E-state index in [1.54, 1.807) is 0 Å². The van der Waals surface area contributed by atoms with Crippen molar-refractivity contribution in [2.75, 3.05) is 17.2 Å². The minimum Gasteiger partial charge on any atom is -0.396 e. The molecular formula is C15H15N7O. The van der Waals surface area contributed by atoms with Crippen molar-refractivity contribution >= 4 is 28.2 Å². The molecule has 0 aliphatic carbocycles. The number of aromatic nitrogens is 4. The Bertz CT molecular complexity index is 917. The van der Waals surface area contributed by atoms with Gasteiger partial charge in [0.25, 0.3) is 5.91 Å². The molecule has 4 rings (SSSR count). The van der Waals surface area contributed by atoms with Gasteiger partial charge in [-0.15, -0.1) is 10.2 Å². The second-order valence-electron chi connectivity index (χ2n) is 5.55. The zero-order valence-corrected chi connectivity index (χ0v) is 12.3. The van der Waals surface area contributed by atoms with E-state index in [-0.39, 0.29) is 11.4 Å². The molecular weight excluding hydrogens is 294 g/mol. The van der Waals surface area contributed by atoms with E-state index in [1.807, 2.05) is 24.4 Å². The molecule has 0 saturated heterocycles. The fourth-order valence-electron chi connectivity index (χ4n) is 3.00. The molecule has 0 spiro atoms. The van der Waals surface area contributed by atoms with Crippen LogP contribution in [0.4, 0.5) is 11.4 Å². The molecule has 3 aromatic rings. The number of fused-ring (bicyclic) bond motifs is 2. The molecule has 5 N–H and O–H groups in total. The van der Waals surface area contributed by atoms with Crippen LogP contribution in [0.15, 0.2) is 24.4 Å². The lowest BCUT2D eigenvalue weighted by atomic mass is 10.1. The molecule has 3 heterocycles. The van der Waals surface area contributed by atoms with Gasteiger partial charge in [-0.1, -0.05) is 12.1 Å². The van der Waals surface area contributed by atoms with Crippen LogP contribution in [0.3, 0.4) is 0 Å². The molecule has 23 heavy (non-hydrogen) atoms. The first-order chi connectivity index (χ1) is 11.1. The number of carbonyl (C=O) groups is 1. The monoisotopic (exact) mass is 309 g/mol. The first-order valence-electron chi connectivity index (χ1n) is 7.26. The summed E-state index contributed by atoms with van der Waals surface area (Å²) >= 11 is 0. The van der Waals surface area contributed by atoms with Gasteiger partial charge in [0.05, 0.1) is 17.6 Å². The van der Waals surface area contributed by atoms with Crippen LogP contribution in [0.25, 0.3) is 10.9 Å². The van der Waals surface area contributed by atoms with Gasteiger partial charge in [0.15, 0.2) is 5.69 Å². The Labute approximate surface area is 131 Å². The van der Waals surface area contributed by atoms with E-state index in [4.69, 9.17) is 11.5 Å². The molecule has 0 atom stereocenters. The number of aromatic amines is 1. The van der Waals surface area contributed by atoms with E-state index >= 15 is 0 Å². The molecule has 0 unspecified atom stereocenters. The first kappa shape index (κ1) is 13.5. The number of nitrogen functional groups attached to an aromatic ring is 1. The van der Waals surface area contributed by atoms with Crippen molar-refractivity contribution in [1.29, 1.82) is 0 Å². The van der Waals surface area contributed by atoms with Crippen LogP contribution in [0, 0.1) is 0 Å². The fraction of sp³-hybridized carbons (Fsp3) is 0.200. The van der Waals surface area contributed by atoms with E-state index < -0.39 is 5.91 Å². The fourth-order valence-corrected chi connectivity index (χ4v) is 3.00. The highest BCUT2D eigenvalue weighted by molar-refractivity contribution is 6.06. The predicted octanol–water partition coefficient (Wildman–Crippen LogP) is 0.597. The highest BCUT2D eigenvalue weighted by atomic mass is 16.1.